The predicted molar refractivity (Wildman–Crippen MR) is 125 cm³/mol. The van der Waals surface area contributed by atoms with Gasteiger partial charge in [0.25, 0.3) is 11.8 Å². The zero-order chi connectivity index (χ0) is 22.9. The molecule has 7 heteroatoms. The molecule has 0 aliphatic heterocycles. The highest BCUT2D eigenvalue weighted by atomic mass is 35.5. The highest BCUT2D eigenvalue weighted by Crippen LogP contribution is 2.22. The molecule has 0 heterocycles. The molecule has 6 nitrogen and oxygen atoms in total. The number of carbonyl (C=O) groups is 2. The average molecular weight is 446 g/mol. The number of anilines is 2. The molecule has 0 atom stereocenters. The summed E-state index contributed by atoms with van der Waals surface area (Å²) >= 11 is 6.04. The van der Waals surface area contributed by atoms with Gasteiger partial charge in [-0.1, -0.05) is 54.1 Å². The molecule has 0 aromatic heterocycles. The fourth-order valence-corrected chi connectivity index (χ4v) is 2.96. The largest absolute Gasteiger partial charge is 0.484 e. The first-order chi connectivity index (χ1) is 15.5. The Labute approximate surface area is 191 Å². The quantitative estimate of drug-likeness (QED) is 0.385. The van der Waals surface area contributed by atoms with Gasteiger partial charge in [0.05, 0.1) is 10.7 Å². The number of carbonyl (C=O) groups excluding carboxylic acids is 2. The normalized spacial score (nSPS) is 10.7. The van der Waals surface area contributed by atoms with Gasteiger partial charge < -0.3 is 15.4 Å². The number of aryl methyl sites for hydroxylation is 1. The van der Waals surface area contributed by atoms with E-state index in [1.165, 1.54) is 6.08 Å². The summed E-state index contributed by atoms with van der Waals surface area (Å²) in [4.78, 5) is 24.5. The van der Waals surface area contributed by atoms with Crippen LogP contribution in [0.25, 0.3) is 6.08 Å². The molecule has 160 valence electrons. The summed E-state index contributed by atoms with van der Waals surface area (Å²) in [6.45, 7) is 1.76. The van der Waals surface area contributed by atoms with Crippen LogP contribution in [-0.2, 0) is 9.59 Å². The summed E-state index contributed by atoms with van der Waals surface area (Å²) in [6.07, 6.45) is 1.46. The van der Waals surface area contributed by atoms with Crippen molar-refractivity contribution in [1.82, 2.24) is 0 Å². The minimum absolute atomic E-state index is 0.0730. The second kappa shape index (κ2) is 10.8. The number of para-hydroxylation sites is 2. The fourth-order valence-electron chi connectivity index (χ4n) is 2.78. The molecule has 32 heavy (non-hydrogen) atoms. The summed E-state index contributed by atoms with van der Waals surface area (Å²) in [5, 5.41) is 15.2. The van der Waals surface area contributed by atoms with E-state index >= 15 is 0 Å². The zero-order valence-electron chi connectivity index (χ0n) is 17.3. The van der Waals surface area contributed by atoms with Gasteiger partial charge in [-0.25, -0.2) is 0 Å². The van der Waals surface area contributed by atoms with Gasteiger partial charge in [0.1, 0.15) is 17.4 Å². The van der Waals surface area contributed by atoms with E-state index in [9.17, 15) is 14.9 Å². The van der Waals surface area contributed by atoms with Crippen molar-refractivity contribution in [2.75, 3.05) is 17.2 Å². The van der Waals surface area contributed by atoms with Gasteiger partial charge in [-0.15, -0.1) is 0 Å². The third-order valence-electron chi connectivity index (χ3n) is 4.47. The van der Waals surface area contributed by atoms with E-state index in [4.69, 9.17) is 16.3 Å². The molecule has 0 bridgehead atoms. The Morgan fingerprint density at radius 2 is 1.62 bits per heavy atom. The van der Waals surface area contributed by atoms with Gasteiger partial charge in [0.15, 0.2) is 6.61 Å². The number of rotatable bonds is 7. The molecule has 0 saturated carbocycles. The molecule has 0 saturated heterocycles. The molecule has 0 fully saturated rings. The van der Waals surface area contributed by atoms with Crippen LogP contribution in [0.5, 0.6) is 5.75 Å². The number of amides is 2. The van der Waals surface area contributed by atoms with Crippen LogP contribution >= 0.6 is 11.6 Å². The van der Waals surface area contributed by atoms with Crippen molar-refractivity contribution in [3.05, 3.63) is 94.5 Å². The highest BCUT2D eigenvalue weighted by Gasteiger charge is 2.11. The molecule has 2 amide bonds. The molecular formula is C25H20ClN3O3. The van der Waals surface area contributed by atoms with Crippen LogP contribution in [-0.4, -0.2) is 18.4 Å². The minimum Gasteiger partial charge on any atom is -0.484 e. The number of nitrogens with one attached hydrogen (secondary N) is 2. The maximum Gasteiger partial charge on any atom is 0.266 e. The van der Waals surface area contributed by atoms with Crippen molar-refractivity contribution >= 4 is 40.9 Å². The van der Waals surface area contributed by atoms with Gasteiger partial charge in [-0.3, -0.25) is 9.59 Å². The molecule has 0 radical (unpaired) electrons. The molecule has 3 aromatic carbocycles. The monoisotopic (exact) mass is 445 g/mol. The predicted octanol–water partition coefficient (Wildman–Crippen LogP) is 5.21. The molecule has 3 aromatic rings. The Hall–Kier alpha value is -4.08. The zero-order valence-corrected chi connectivity index (χ0v) is 18.0. The van der Waals surface area contributed by atoms with Crippen LogP contribution in [0.1, 0.15) is 11.1 Å². The molecule has 0 aliphatic rings. The third kappa shape index (κ3) is 6.21. The Balaban J connectivity index is 1.59. The number of benzene rings is 3. The molecule has 2 N–H and O–H groups in total. The van der Waals surface area contributed by atoms with Gasteiger partial charge in [-0.05, 0) is 54.5 Å². The standard InChI is InChI=1S/C25H20ClN3O3/c1-17-6-2-4-8-22(17)28-24(30)16-32-20-12-10-18(11-13-20)14-19(15-27)25(31)29-23-9-5-3-7-21(23)26/h2-14H,16H2,1H3,(H,28,30)(H,29,31)/b19-14+. The molecular weight excluding hydrogens is 426 g/mol. The van der Waals surface area contributed by atoms with Gasteiger partial charge >= 0.3 is 0 Å². The van der Waals surface area contributed by atoms with Crippen molar-refractivity contribution in [3.8, 4) is 11.8 Å². The van der Waals surface area contributed by atoms with E-state index in [1.807, 2.05) is 37.3 Å². The first-order valence-electron chi connectivity index (χ1n) is 9.72. The lowest BCUT2D eigenvalue weighted by atomic mass is 10.1. The highest BCUT2D eigenvalue weighted by molar-refractivity contribution is 6.34. The number of hydrogen-bond acceptors (Lipinski definition) is 4. The topological polar surface area (TPSA) is 91.2 Å². The van der Waals surface area contributed by atoms with E-state index in [2.05, 4.69) is 10.6 Å². The van der Waals surface area contributed by atoms with Crippen LogP contribution in [0, 0.1) is 18.3 Å². The van der Waals surface area contributed by atoms with Crippen LogP contribution in [0.15, 0.2) is 78.4 Å². The molecule has 0 spiro atoms. The van der Waals surface area contributed by atoms with E-state index in [1.54, 1.807) is 48.5 Å². The Kier molecular flexibility index (Phi) is 7.63. The number of nitriles is 1. The van der Waals surface area contributed by atoms with Gasteiger partial charge in [0.2, 0.25) is 0 Å². The van der Waals surface area contributed by atoms with Crippen molar-refractivity contribution in [1.29, 1.82) is 5.26 Å². The van der Waals surface area contributed by atoms with E-state index in [0.29, 0.717) is 22.0 Å². The first kappa shape index (κ1) is 22.6. The van der Waals surface area contributed by atoms with E-state index < -0.39 is 5.91 Å². The lowest BCUT2D eigenvalue weighted by Crippen LogP contribution is -2.20. The smallest absolute Gasteiger partial charge is 0.266 e. The van der Waals surface area contributed by atoms with E-state index in [-0.39, 0.29) is 18.1 Å². The lowest BCUT2D eigenvalue weighted by Gasteiger charge is -2.09. The Morgan fingerprint density at radius 3 is 2.28 bits per heavy atom. The van der Waals surface area contributed by atoms with Crippen molar-refractivity contribution in [2.24, 2.45) is 0 Å². The summed E-state index contributed by atoms with van der Waals surface area (Å²) in [5.41, 5.74) is 2.68. The van der Waals surface area contributed by atoms with Crippen LogP contribution < -0.4 is 15.4 Å². The van der Waals surface area contributed by atoms with Gasteiger partial charge in [0, 0.05) is 5.69 Å². The summed E-state index contributed by atoms with van der Waals surface area (Å²) in [6, 6.07) is 22.8. The minimum atomic E-state index is -0.561. The number of hydrogen-bond donors (Lipinski definition) is 2. The maximum absolute atomic E-state index is 12.4. The third-order valence-corrected chi connectivity index (χ3v) is 4.80. The summed E-state index contributed by atoms with van der Waals surface area (Å²) in [5.74, 6) is -0.346. The van der Waals surface area contributed by atoms with Gasteiger partial charge in [-0.2, -0.15) is 5.26 Å². The van der Waals surface area contributed by atoms with Crippen LogP contribution in [0.3, 0.4) is 0 Å². The van der Waals surface area contributed by atoms with Crippen molar-refractivity contribution in [2.45, 2.75) is 6.92 Å². The molecule has 0 aliphatic carbocycles. The second-order valence-corrected chi connectivity index (χ2v) is 7.23. The summed E-state index contributed by atoms with van der Waals surface area (Å²) < 4.78 is 5.51. The lowest BCUT2D eigenvalue weighted by molar-refractivity contribution is -0.118. The number of halogens is 1. The molecule has 3 rings (SSSR count). The molecule has 0 unspecified atom stereocenters. The Morgan fingerprint density at radius 1 is 0.969 bits per heavy atom. The summed E-state index contributed by atoms with van der Waals surface area (Å²) in [7, 11) is 0. The Bertz CT molecular complexity index is 1200. The second-order valence-electron chi connectivity index (χ2n) is 6.82. The fraction of sp³-hybridized carbons (Fsp3) is 0.0800. The average Bonchev–Trinajstić information content (AvgIpc) is 2.80. The number of nitrogens with zero attached hydrogens (tertiary/aromatic N) is 1. The maximum atomic E-state index is 12.4. The van der Waals surface area contributed by atoms with E-state index in [0.717, 1.165) is 11.3 Å². The van der Waals surface area contributed by atoms with Crippen LogP contribution in [0.4, 0.5) is 11.4 Å². The van der Waals surface area contributed by atoms with Crippen molar-refractivity contribution < 1.29 is 14.3 Å². The number of ether oxygens (including phenoxy) is 1. The van der Waals surface area contributed by atoms with Crippen molar-refractivity contribution in [3.63, 3.8) is 0 Å². The SMILES string of the molecule is Cc1ccccc1NC(=O)COc1ccc(/C=C(\C#N)C(=O)Nc2ccccc2Cl)cc1. The first-order valence-corrected chi connectivity index (χ1v) is 10.1. The van der Waals surface area contributed by atoms with Crippen LogP contribution in [0.2, 0.25) is 5.02 Å².